The molecule has 1 saturated heterocycles. The molecule has 1 atom stereocenters. The van der Waals surface area contributed by atoms with Crippen LogP contribution < -0.4 is 0 Å². The minimum Gasteiger partial charge on any atom is -0.465 e. The predicted octanol–water partition coefficient (Wildman–Crippen LogP) is -0.312. The van der Waals surface area contributed by atoms with E-state index in [0.29, 0.717) is 13.0 Å². The molecule has 1 aliphatic rings. The molecule has 1 unspecified atom stereocenters. The van der Waals surface area contributed by atoms with Crippen molar-refractivity contribution in [1.82, 2.24) is 4.90 Å². The topological polar surface area (TPSA) is 60.8 Å². The maximum atomic E-state index is 9.96. The smallest absolute Gasteiger partial charge is 0.409 e. The number of aliphatic hydroxyl groups is 1. The summed E-state index contributed by atoms with van der Waals surface area (Å²) in [5, 5.41) is 16.8. The Balaban J connectivity index is 2.37. The molecule has 46 valence electrons. The maximum Gasteiger partial charge on any atom is 0.409 e. The number of rotatable bonds is 0. The van der Waals surface area contributed by atoms with Crippen LogP contribution in [0.25, 0.3) is 0 Å². The van der Waals surface area contributed by atoms with Gasteiger partial charge >= 0.3 is 6.09 Å². The zero-order valence-corrected chi connectivity index (χ0v) is 4.24. The first kappa shape index (κ1) is 5.37. The van der Waals surface area contributed by atoms with Crippen molar-refractivity contribution in [2.45, 2.75) is 12.6 Å². The molecule has 0 aromatic carbocycles. The average Bonchev–Trinajstić information content (AvgIpc) is 1.61. The molecule has 1 aliphatic heterocycles. The third-order valence-electron chi connectivity index (χ3n) is 1.23. The molecule has 1 amide bonds. The van der Waals surface area contributed by atoms with Crippen LogP contribution in [0.3, 0.4) is 0 Å². The van der Waals surface area contributed by atoms with Crippen molar-refractivity contribution in [2.75, 3.05) is 6.54 Å². The molecule has 0 aliphatic carbocycles. The minimum absolute atomic E-state index is 0.469. The summed E-state index contributed by atoms with van der Waals surface area (Å²) in [6.07, 6.45) is -1.21. The number of nitrogens with zero attached hydrogens (tertiary/aromatic N) is 1. The van der Waals surface area contributed by atoms with Gasteiger partial charge in [-0.1, -0.05) is 0 Å². The van der Waals surface area contributed by atoms with Gasteiger partial charge in [-0.2, -0.15) is 0 Å². The van der Waals surface area contributed by atoms with Gasteiger partial charge in [0, 0.05) is 13.0 Å². The Kier molecular flexibility index (Phi) is 1.09. The van der Waals surface area contributed by atoms with Crippen LogP contribution in [-0.4, -0.2) is 34.0 Å². The first-order valence-electron chi connectivity index (χ1n) is 2.39. The van der Waals surface area contributed by atoms with Crippen LogP contribution in [0.2, 0.25) is 0 Å². The fraction of sp³-hybridized carbons (Fsp3) is 0.750. The highest BCUT2D eigenvalue weighted by Crippen LogP contribution is 2.12. The molecule has 0 spiro atoms. The second kappa shape index (κ2) is 1.63. The number of carbonyl (C=O) groups is 1. The van der Waals surface area contributed by atoms with E-state index in [0.717, 1.165) is 4.90 Å². The van der Waals surface area contributed by atoms with Crippen LogP contribution in [0, 0.1) is 0 Å². The minimum atomic E-state index is -1.04. The normalized spacial score (nSPS) is 27.1. The Bertz CT molecular complexity index is 114. The Morgan fingerprint density at radius 2 is 2.38 bits per heavy atom. The van der Waals surface area contributed by atoms with E-state index < -0.39 is 12.3 Å². The van der Waals surface area contributed by atoms with Gasteiger partial charge in [-0.25, -0.2) is 4.79 Å². The number of likely N-dealkylation sites (tertiary alicyclic amines) is 1. The molecule has 0 saturated carbocycles. The van der Waals surface area contributed by atoms with E-state index in [-0.39, 0.29) is 0 Å². The summed E-state index contributed by atoms with van der Waals surface area (Å²) in [5.41, 5.74) is 0. The lowest BCUT2D eigenvalue weighted by molar-refractivity contribution is -0.0551. The Morgan fingerprint density at radius 3 is 2.38 bits per heavy atom. The molecule has 0 aromatic rings. The number of hydrogen-bond donors (Lipinski definition) is 2. The van der Waals surface area contributed by atoms with Crippen LogP contribution in [-0.2, 0) is 0 Å². The van der Waals surface area contributed by atoms with E-state index >= 15 is 0 Å². The zero-order valence-electron chi connectivity index (χ0n) is 4.24. The second-order valence-electron chi connectivity index (χ2n) is 1.75. The van der Waals surface area contributed by atoms with E-state index in [1.807, 2.05) is 0 Å². The SMILES string of the molecule is O=C(O)N1CCC1O. The number of aliphatic hydroxyl groups excluding tert-OH is 1. The lowest BCUT2D eigenvalue weighted by atomic mass is 10.2. The summed E-state index contributed by atoms with van der Waals surface area (Å²) in [6, 6.07) is 0. The van der Waals surface area contributed by atoms with Crippen molar-refractivity contribution in [3.63, 3.8) is 0 Å². The molecule has 4 heteroatoms. The lowest BCUT2D eigenvalue weighted by Gasteiger charge is -2.33. The number of amides is 1. The molecule has 1 fully saturated rings. The summed E-state index contributed by atoms with van der Waals surface area (Å²) in [6.45, 7) is 0.469. The van der Waals surface area contributed by atoms with Gasteiger partial charge in [0.2, 0.25) is 0 Å². The summed E-state index contributed by atoms with van der Waals surface area (Å²) in [7, 11) is 0. The average molecular weight is 117 g/mol. The highest BCUT2D eigenvalue weighted by atomic mass is 16.4. The predicted molar refractivity (Wildman–Crippen MR) is 25.4 cm³/mol. The van der Waals surface area contributed by atoms with Gasteiger partial charge in [0.15, 0.2) is 0 Å². The van der Waals surface area contributed by atoms with Crippen molar-refractivity contribution in [1.29, 1.82) is 0 Å². The molecule has 1 heterocycles. The van der Waals surface area contributed by atoms with Crippen molar-refractivity contribution in [3.8, 4) is 0 Å². The molecule has 8 heavy (non-hydrogen) atoms. The zero-order chi connectivity index (χ0) is 6.15. The van der Waals surface area contributed by atoms with Crippen LogP contribution in [0.15, 0.2) is 0 Å². The van der Waals surface area contributed by atoms with Gasteiger partial charge in [0.1, 0.15) is 6.23 Å². The monoisotopic (exact) mass is 117 g/mol. The maximum absolute atomic E-state index is 9.96. The third-order valence-corrected chi connectivity index (χ3v) is 1.23. The van der Waals surface area contributed by atoms with Gasteiger partial charge < -0.3 is 10.2 Å². The fourth-order valence-electron chi connectivity index (χ4n) is 0.597. The first-order chi connectivity index (χ1) is 3.72. The fourth-order valence-corrected chi connectivity index (χ4v) is 0.597. The Labute approximate surface area is 46.3 Å². The van der Waals surface area contributed by atoms with E-state index in [2.05, 4.69) is 0 Å². The first-order valence-corrected chi connectivity index (χ1v) is 2.39. The third kappa shape index (κ3) is 0.626. The van der Waals surface area contributed by atoms with Crippen LogP contribution in [0.5, 0.6) is 0 Å². The van der Waals surface area contributed by atoms with Gasteiger partial charge in [-0.05, 0) is 0 Å². The molecule has 2 N–H and O–H groups in total. The van der Waals surface area contributed by atoms with Crippen molar-refractivity contribution in [3.05, 3.63) is 0 Å². The Morgan fingerprint density at radius 1 is 1.75 bits per heavy atom. The highest BCUT2D eigenvalue weighted by molar-refractivity contribution is 5.66. The van der Waals surface area contributed by atoms with Gasteiger partial charge in [0.05, 0.1) is 0 Å². The summed E-state index contributed by atoms with van der Waals surface area (Å²) in [5.74, 6) is 0. The molecular weight excluding hydrogens is 110 g/mol. The largest absolute Gasteiger partial charge is 0.465 e. The summed E-state index contributed by atoms with van der Waals surface area (Å²) >= 11 is 0. The standard InChI is InChI=1S/C4H7NO3/c6-3-1-2-5(3)4(7)8/h3,6H,1-2H2,(H,7,8). The van der Waals surface area contributed by atoms with Gasteiger partial charge in [-0.15, -0.1) is 0 Å². The molecule has 1 rings (SSSR count). The molecular formula is C4H7NO3. The quantitative estimate of drug-likeness (QED) is 0.457. The van der Waals surface area contributed by atoms with Gasteiger partial charge in [0.25, 0.3) is 0 Å². The van der Waals surface area contributed by atoms with E-state index in [9.17, 15) is 4.79 Å². The van der Waals surface area contributed by atoms with Gasteiger partial charge in [-0.3, -0.25) is 4.90 Å². The van der Waals surface area contributed by atoms with E-state index in [1.165, 1.54) is 0 Å². The van der Waals surface area contributed by atoms with Crippen molar-refractivity contribution < 1.29 is 15.0 Å². The molecule has 4 nitrogen and oxygen atoms in total. The molecule has 0 aromatic heterocycles. The van der Waals surface area contributed by atoms with E-state index in [1.54, 1.807) is 0 Å². The molecule has 0 bridgehead atoms. The summed E-state index contributed by atoms with van der Waals surface area (Å²) in [4.78, 5) is 10.9. The number of carboxylic acid groups (broad SMARTS) is 1. The number of hydrogen-bond acceptors (Lipinski definition) is 2. The molecule has 0 radical (unpaired) electrons. The second-order valence-corrected chi connectivity index (χ2v) is 1.75. The van der Waals surface area contributed by atoms with Crippen LogP contribution >= 0.6 is 0 Å². The summed E-state index contributed by atoms with van der Waals surface area (Å²) < 4.78 is 0. The van der Waals surface area contributed by atoms with Crippen LogP contribution in [0.1, 0.15) is 6.42 Å². The Hall–Kier alpha value is -0.770. The van der Waals surface area contributed by atoms with E-state index in [4.69, 9.17) is 10.2 Å². The van der Waals surface area contributed by atoms with Crippen LogP contribution in [0.4, 0.5) is 4.79 Å². The lowest BCUT2D eigenvalue weighted by Crippen LogP contribution is -2.50. The van der Waals surface area contributed by atoms with Crippen molar-refractivity contribution in [2.24, 2.45) is 0 Å². The highest BCUT2D eigenvalue weighted by Gasteiger charge is 2.29. The van der Waals surface area contributed by atoms with Crippen molar-refractivity contribution >= 4 is 6.09 Å².